The molecule has 0 saturated carbocycles. The van der Waals surface area contributed by atoms with Gasteiger partial charge in [0.25, 0.3) is 0 Å². The number of esters is 1. The molecular weight excluding hydrogens is 176 g/mol. The molecular formula is C12H20O2. The van der Waals surface area contributed by atoms with Crippen molar-refractivity contribution in [1.82, 2.24) is 0 Å². The van der Waals surface area contributed by atoms with Gasteiger partial charge < -0.3 is 4.74 Å². The first kappa shape index (κ1) is 13.0. The van der Waals surface area contributed by atoms with Crippen molar-refractivity contribution in [2.45, 2.75) is 58.5 Å². The van der Waals surface area contributed by atoms with Crippen LogP contribution in [-0.4, -0.2) is 12.1 Å². The van der Waals surface area contributed by atoms with Crippen LogP contribution >= 0.6 is 0 Å². The van der Waals surface area contributed by atoms with E-state index in [0.717, 1.165) is 12.8 Å². The Labute approximate surface area is 87.0 Å². The quantitative estimate of drug-likeness (QED) is 0.355. The van der Waals surface area contributed by atoms with Gasteiger partial charge >= 0.3 is 5.97 Å². The molecule has 2 nitrogen and oxygen atoms in total. The standard InChI is InChI=1S/C12H20O2/c1-4-6-7-8-9-10-12(13)14-11(3)5-2/h2,11H,4,6-10H2,1,3H3/t11-/m0/s1. The summed E-state index contributed by atoms with van der Waals surface area (Å²) in [6, 6.07) is 0. The van der Waals surface area contributed by atoms with E-state index < -0.39 is 6.10 Å². The molecule has 0 aliphatic heterocycles. The highest BCUT2D eigenvalue weighted by Gasteiger charge is 2.05. The van der Waals surface area contributed by atoms with Gasteiger partial charge in [-0.2, -0.15) is 0 Å². The molecule has 0 unspecified atom stereocenters. The summed E-state index contributed by atoms with van der Waals surface area (Å²) in [7, 11) is 0. The fraction of sp³-hybridized carbons (Fsp3) is 0.750. The number of ether oxygens (including phenoxy) is 1. The highest BCUT2D eigenvalue weighted by molar-refractivity contribution is 5.69. The van der Waals surface area contributed by atoms with Crippen LogP contribution in [0.15, 0.2) is 0 Å². The number of rotatable bonds is 7. The van der Waals surface area contributed by atoms with Crippen LogP contribution in [0.1, 0.15) is 52.4 Å². The largest absolute Gasteiger partial charge is 0.449 e. The highest BCUT2D eigenvalue weighted by atomic mass is 16.5. The van der Waals surface area contributed by atoms with E-state index in [-0.39, 0.29) is 5.97 Å². The van der Waals surface area contributed by atoms with E-state index in [9.17, 15) is 4.79 Å². The van der Waals surface area contributed by atoms with Crippen molar-refractivity contribution >= 4 is 5.97 Å². The zero-order valence-electron chi connectivity index (χ0n) is 9.21. The second-order valence-electron chi connectivity index (χ2n) is 3.46. The van der Waals surface area contributed by atoms with Crippen LogP contribution in [0.25, 0.3) is 0 Å². The van der Waals surface area contributed by atoms with E-state index >= 15 is 0 Å². The van der Waals surface area contributed by atoms with E-state index in [4.69, 9.17) is 11.2 Å². The summed E-state index contributed by atoms with van der Waals surface area (Å²) < 4.78 is 4.93. The summed E-state index contributed by atoms with van der Waals surface area (Å²) in [6.45, 7) is 3.87. The molecule has 0 spiro atoms. The van der Waals surface area contributed by atoms with E-state index in [1.807, 2.05) is 0 Å². The Morgan fingerprint density at radius 3 is 2.57 bits per heavy atom. The average Bonchev–Trinajstić information content (AvgIpc) is 2.17. The first-order chi connectivity index (χ1) is 6.70. The molecule has 0 radical (unpaired) electrons. The van der Waals surface area contributed by atoms with E-state index in [1.54, 1.807) is 6.92 Å². The molecule has 1 atom stereocenters. The Hall–Kier alpha value is -0.970. The maximum absolute atomic E-state index is 11.1. The Kier molecular flexibility index (Phi) is 8.02. The molecule has 0 amide bonds. The summed E-state index contributed by atoms with van der Waals surface area (Å²) in [5.41, 5.74) is 0. The summed E-state index contributed by atoms with van der Waals surface area (Å²) in [6.07, 6.45) is 10.9. The summed E-state index contributed by atoms with van der Waals surface area (Å²) in [4.78, 5) is 11.1. The van der Waals surface area contributed by atoms with Crippen LogP contribution in [0, 0.1) is 12.3 Å². The lowest BCUT2D eigenvalue weighted by Crippen LogP contribution is -2.12. The molecule has 0 bridgehead atoms. The molecule has 0 saturated heterocycles. The molecule has 0 aliphatic carbocycles. The molecule has 0 aromatic carbocycles. The van der Waals surface area contributed by atoms with Crippen molar-refractivity contribution in [2.24, 2.45) is 0 Å². The lowest BCUT2D eigenvalue weighted by molar-refractivity contribution is -0.145. The molecule has 2 heteroatoms. The van der Waals surface area contributed by atoms with Gasteiger partial charge in [-0.1, -0.05) is 38.5 Å². The van der Waals surface area contributed by atoms with Gasteiger partial charge in [0.2, 0.25) is 0 Å². The van der Waals surface area contributed by atoms with Gasteiger partial charge in [-0.15, -0.1) is 6.42 Å². The lowest BCUT2D eigenvalue weighted by atomic mass is 10.1. The fourth-order valence-electron chi connectivity index (χ4n) is 1.16. The van der Waals surface area contributed by atoms with Crippen molar-refractivity contribution in [3.63, 3.8) is 0 Å². The van der Waals surface area contributed by atoms with Crippen LogP contribution < -0.4 is 0 Å². The molecule has 0 fully saturated rings. The third kappa shape index (κ3) is 7.67. The van der Waals surface area contributed by atoms with Gasteiger partial charge in [-0.3, -0.25) is 4.79 Å². The van der Waals surface area contributed by atoms with Gasteiger partial charge in [0.05, 0.1) is 0 Å². The van der Waals surface area contributed by atoms with E-state index in [2.05, 4.69) is 12.8 Å². The van der Waals surface area contributed by atoms with Gasteiger partial charge in [0.15, 0.2) is 6.10 Å². The Morgan fingerprint density at radius 2 is 2.00 bits per heavy atom. The molecule has 80 valence electrons. The fourth-order valence-corrected chi connectivity index (χ4v) is 1.16. The molecule has 14 heavy (non-hydrogen) atoms. The Balaban J connectivity index is 3.32. The minimum atomic E-state index is -0.391. The molecule has 0 N–H and O–H groups in total. The van der Waals surface area contributed by atoms with Crippen molar-refractivity contribution in [3.8, 4) is 12.3 Å². The number of carbonyl (C=O) groups is 1. The number of carbonyl (C=O) groups excluding carboxylic acids is 1. The number of unbranched alkanes of at least 4 members (excludes halogenated alkanes) is 4. The van der Waals surface area contributed by atoms with Crippen LogP contribution in [0.5, 0.6) is 0 Å². The van der Waals surface area contributed by atoms with Crippen LogP contribution in [-0.2, 0) is 9.53 Å². The van der Waals surface area contributed by atoms with Gasteiger partial charge in [-0.05, 0) is 13.3 Å². The maximum atomic E-state index is 11.1. The minimum absolute atomic E-state index is 0.174. The molecule has 0 rings (SSSR count). The first-order valence-corrected chi connectivity index (χ1v) is 5.36. The SMILES string of the molecule is C#C[C@H](C)OC(=O)CCCCCCC. The van der Waals surface area contributed by atoms with Crippen molar-refractivity contribution in [2.75, 3.05) is 0 Å². The number of hydrogen-bond acceptors (Lipinski definition) is 2. The molecule has 0 heterocycles. The van der Waals surface area contributed by atoms with Gasteiger partial charge in [-0.25, -0.2) is 0 Å². The molecule has 0 aromatic rings. The second-order valence-corrected chi connectivity index (χ2v) is 3.46. The average molecular weight is 196 g/mol. The molecule has 0 aliphatic rings. The predicted octanol–water partition coefficient (Wildman–Crippen LogP) is 2.91. The first-order valence-electron chi connectivity index (χ1n) is 5.36. The lowest BCUT2D eigenvalue weighted by Gasteiger charge is -2.06. The minimum Gasteiger partial charge on any atom is -0.449 e. The Morgan fingerprint density at radius 1 is 1.36 bits per heavy atom. The zero-order valence-corrected chi connectivity index (χ0v) is 9.21. The second kappa shape index (κ2) is 8.62. The van der Waals surface area contributed by atoms with Crippen LogP contribution in [0.2, 0.25) is 0 Å². The predicted molar refractivity (Wildman–Crippen MR) is 57.8 cm³/mol. The van der Waals surface area contributed by atoms with Crippen LogP contribution in [0.3, 0.4) is 0 Å². The maximum Gasteiger partial charge on any atom is 0.307 e. The van der Waals surface area contributed by atoms with E-state index in [1.165, 1.54) is 19.3 Å². The Bertz CT molecular complexity index is 191. The highest BCUT2D eigenvalue weighted by Crippen LogP contribution is 2.06. The summed E-state index contributed by atoms with van der Waals surface area (Å²) in [5, 5.41) is 0. The third-order valence-electron chi connectivity index (χ3n) is 2.03. The smallest absolute Gasteiger partial charge is 0.307 e. The third-order valence-corrected chi connectivity index (χ3v) is 2.03. The van der Waals surface area contributed by atoms with Gasteiger partial charge in [0.1, 0.15) is 0 Å². The van der Waals surface area contributed by atoms with Crippen LogP contribution in [0.4, 0.5) is 0 Å². The van der Waals surface area contributed by atoms with Crippen molar-refractivity contribution in [1.29, 1.82) is 0 Å². The van der Waals surface area contributed by atoms with Crippen molar-refractivity contribution in [3.05, 3.63) is 0 Å². The van der Waals surface area contributed by atoms with Crippen molar-refractivity contribution < 1.29 is 9.53 Å². The normalized spacial score (nSPS) is 11.8. The summed E-state index contributed by atoms with van der Waals surface area (Å²) in [5.74, 6) is 2.19. The monoisotopic (exact) mass is 196 g/mol. The topological polar surface area (TPSA) is 26.3 Å². The zero-order chi connectivity index (χ0) is 10.8. The van der Waals surface area contributed by atoms with E-state index in [0.29, 0.717) is 6.42 Å². The van der Waals surface area contributed by atoms with Gasteiger partial charge in [0, 0.05) is 6.42 Å². The number of terminal acetylenes is 1. The number of hydrogen-bond donors (Lipinski definition) is 0. The summed E-state index contributed by atoms with van der Waals surface area (Å²) >= 11 is 0. The molecule has 0 aromatic heterocycles.